The normalized spacial score (nSPS) is 15.1. The van der Waals surface area contributed by atoms with Crippen LogP contribution in [-0.2, 0) is 6.54 Å². The summed E-state index contributed by atoms with van der Waals surface area (Å²) >= 11 is 0. The number of carbonyl (C=O) groups is 1. The van der Waals surface area contributed by atoms with E-state index in [-0.39, 0.29) is 12.1 Å². The molecule has 6 heteroatoms. The average molecular weight is 335 g/mol. The molecule has 0 spiro atoms. The fraction of sp³-hybridized carbons (Fsp3) is 0.316. The molecule has 0 bridgehead atoms. The molecular formula is C19H21N5O. The molecule has 1 saturated carbocycles. The molecule has 0 radical (unpaired) electrons. The number of hydrogen-bond acceptors (Lipinski definition) is 3. The molecule has 3 aromatic rings. The molecule has 0 saturated heterocycles. The highest BCUT2D eigenvalue weighted by atomic mass is 16.2. The van der Waals surface area contributed by atoms with Crippen molar-refractivity contribution in [3.63, 3.8) is 0 Å². The number of carbonyl (C=O) groups excluding carboxylic acids is 1. The maximum absolute atomic E-state index is 12.4. The first-order valence-electron chi connectivity index (χ1n) is 8.59. The molecule has 1 aliphatic carbocycles. The Morgan fingerprint density at radius 3 is 2.96 bits per heavy atom. The molecule has 0 aliphatic heterocycles. The number of rotatable bonds is 5. The maximum atomic E-state index is 12.4. The van der Waals surface area contributed by atoms with Crippen LogP contribution in [0.5, 0.6) is 0 Å². The lowest BCUT2D eigenvalue weighted by molar-refractivity contribution is 0.235. The fourth-order valence-electron chi connectivity index (χ4n) is 3.20. The summed E-state index contributed by atoms with van der Waals surface area (Å²) in [6, 6.07) is 9.67. The first-order valence-corrected chi connectivity index (χ1v) is 8.59. The molecule has 1 fully saturated rings. The van der Waals surface area contributed by atoms with E-state index < -0.39 is 0 Å². The first kappa shape index (κ1) is 15.6. The van der Waals surface area contributed by atoms with Gasteiger partial charge in [-0.1, -0.05) is 12.1 Å². The van der Waals surface area contributed by atoms with Crippen molar-refractivity contribution in [3.8, 4) is 0 Å². The monoisotopic (exact) mass is 335 g/mol. The topological polar surface area (TPSA) is 71.3 Å². The van der Waals surface area contributed by atoms with E-state index in [2.05, 4.69) is 20.6 Å². The molecular weight excluding hydrogens is 314 g/mol. The van der Waals surface area contributed by atoms with Crippen LogP contribution in [0.25, 0.3) is 5.65 Å². The quantitative estimate of drug-likeness (QED) is 0.753. The van der Waals surface area contributed by atoms with Crippen LogP contribution in [0.2, 0.25) is 0 Å². The number of nitrogens with zero attached hydrogens (tertiary/aromatic N) is 3. The lowest BCUT2D eigenvalue weighted by atomic mass is 10.1. The van der Waals surface area contributed by atoms with E-state index in [1.165, 1.54) is 0 Å². The van der Waals surface area contributed by atoms with Crippen molar-refractivity contribution in [2.45, 2.75) is 32.4 Å². The third-order valence-corrected chi connectivity index (χ3v) is 4.67. The summed E-state index contributed by atoms with van der Waals surface area (Å²) in [5.74, 6) is 0.507. The molecule has 6 nitrogen and oxygen atoms in total. The summed E-state index contributed by atoms with van der Waals surface area (Å²) in [5, 5.41) is 6.08. The third-order valence-electron chi connectivity index (χ3n) is 4.67. The summed E-state index contributed by atoms with van der Waals surface area (Å²) in [7, 11) is 0. The molecule has 1 aliphatic rings. The Balaban J connectivity index is 1.44. The summed E-state index contributed by atoms with van der Waals surface area (Å²) in [5.41, 5.74) is 3.88. The van der Waals surface area contributed by atoms with Crippen LogP contribution in [0.1, 0.15) is 35.8 Å². The van der Waals surface area contributed by atoms with Gasteiger partial charge in [0.1, 0.15) is 5.65 Å². The second-order valence-electron chi connectivity index (χ2n) is 6.50. The number of aromatic nitrogens is 3. The maximum Gasteiger partial charge on any atom is 0.315 e. The van der Waals surface area contributed by atoms with Crippen LogP contribution < -0.4 is 10.6 Å². The van der Waals surface area contributed by atoms with Crippen LogP contribution >= 0.6 is 0 Å². The van der Waals surface area contributed by atoms with Crippen LogP contribution in [-0.4, -0.2) is 20.4 Å². The Labute approximate surface area is 146 Å². The van der Waals surface area contributed by atoms with E-state index in [9.17, 15) is 4.79 Å². The Hall–Kier alpha value is -2.89. The highest BCUT2D eigenvalue weighted by Gasteiger charge is 2.33. The molecule has 3 heterocycles. The Morgan fingerprint density at radius 2 is 2.20 bits per heavy atom. The minimum absolute atomic E-state index is 0.0250. The standard InChI is InChI=1S/C19H21N5O/c1-13-16(24-10-3-2-6-17(24)22-13)12-21-19(25)23-18(14-7-8-14)15-5-4-9-20-11-15/h2-6,9-11,14,18H,7-8,12H2,1H3,(H2,21,23,25). The van der Waals surface area contributed by atoms with Gasteiger partial charge in [0, 0.05) is 18.6 Å². The van der Waals surface area contributed by atoms with Gasteiger partial charge in [0.2, 0.25) is 0 Å². The van der Waals surface area contributed by atoms with Crippen molar-refractivity contribution in [2.24, 2.45) is 5.92 Å². The van der Waals surface area contributed by atoms with Crippen LogP contribution in [0.15, 0.2) is 48.9 Å². The Bertz CT molecular complexity index is 885. The van der Waals surface area contributed by atoms with Crippen LogP contribution in [0.3, 0.4) is 0 Å². The Morgan fingerprint density at radius 1 is 1.32 bits per heavy atom. The van der Waals surface area contributed by atoms with Crippen LogP contribution in [0.4, 0.5) is 4.79 Å². The lowest BCUT2D eigenvalue weighted by Gasteiger charge is -2.19. The van der Waals surface area contributed by atoms with Crippen molar-refractivity contribution in [1.29, 1.82) is 0 Å². The van der Waals surface area contributed by atoms with Crippen molar-refractivity contribution >= 4 is 11.7 Å². The van der Waals surface area contributed by atoms with Gasteiger partial charge in [-0.05, 0) is 49.4 Å². The molecule has 128 valence electrons. The van der Waals surface area contributed by atoms with Crippen LogP contribution in [0, 0.1) is 12.8 Å². The lowest BCUT2D eigenvalue weighted by Crippen LogP contribution is -2.38. The number of pyridine rings is 2. The number of aryl methyl sites for hydroxylation is 1. The zero-order chi connectivity index (χ0) is 17.2. The number of fused-ring (bicyclic) bond motifs is 1. The number of urea groups is 1. The van der Waals surface area contributed by atoms with E-state index in [1.54, 1.807) is 6.20 Å². The van der Waals surface area contributed by atoms with Gasteiger partial charge in [0.25, 0.3) is 0 Å². The van der Waals surface area contributed by atoms with Gasteiger partial charge in [-0.3, -0.25) is 4.98 Å². The molecule has 0 aromatic carbocycles. The predicted octanol–water partition coefficient (Wildman–Crippen LogP) is 2.99. The van der Waals surface area contributed by atoms with Gasteiger partial charge in [-0.2, -0.15) is 0 Å². The first-order chi connectivity index (χ1) is 12.2. The smallest absolute Gasteiger partial charge is 0.315 e. The molecule has 3 aromatic heterocycles. The number of imidazole rings is 1. The predicted molar refractivity (Wildman–Crippen MR) is 95.0 cm³/mol. The van der Waals surface area contributed by atoms with Crippen molar-refractivity contribution in [3.05, 3.63) is 65.9 Å². The third kappa shape index (κ3) is 3.33. The summed E-state index contributed by atoms with van der Waals surface area (Å²) < 4.78 is 2.01. The molecule has 1 unspecified atom stereocenters. The largest absolute Gasteiger partial charge is 0.332 e. The molecule has 1 atom stereocenters. The number of hydrogen-bond donors (Lipinski definition) is 2. The van der Waals surface area contributed by atoms with Gasteiger partial charge in [0.15, 0.2) is 0 Å². The highest BCUT2D eigenvalue weighted by molar-refractivity contribution is 5.74. The van der Waals surface area contributed by atoms with Gasteiger partial charge in [-0.25, -0.2) is 9.78 Å². The zero-order valence-electron chi connectivity index (χ0n) is 14.1. The van der Waals surface area contributed by atoms with Crippen molar-refractivity contribution in [2.75, 3.05) is 0 Å². The van der Waals surface area contributed by atoms with Crippen molar-refractivity contribution in [1.82, 2.24) is 25.0 Å². The van der Waals surface area contributed by atoms with Gasteiger partial charge >= 0.3 is 6.03 Å². The minimum Gasteiger partial charge on any atom is -0.332 e. The van der Waals surface area contributed by atoms with Crippen molar-refractivity contribution < 1.29 is 4.79 Å². The SMILES string of the molecule is Cc1nc2ccccn2c1CNC(=O)NC(c1cccnc1)C1CC1. The molecule has 25 heavy (non-hydrogen) atoms. The van der Waals surface area contributed by atoms with Gasteiger partial charge < -0.3 is 15.0 Å². The zero-order valence-corrected chi connectivity index (χ0v) is 14.1. The van der Waals surface area contributed by atoms with Gasteiger partial charge in [0.05, 0.1) is 24.0 Å². The molecule has 2 amide bonds. The second-order valence-corrected chi connectivity index (χ2v) is 6.50. The second kappa shape index (κ2) is 6.55. The van der Waals surface area contributed by atoms with E-state index in [4.69, 9.17) is 0 Å². The van der Waals surface area contributed by atoms with E-state index in [1.807, 2.05) is 54.0 Å². The van der Waals surface area contributed by atoms with E-state index >= 15 is 0 Å². The average Bonchev–Trinajstić information content (AvgIpc) is 3.42. The number of nitrogens with one attached hydrogen (secondary N) is 2. The summed E-state index contributed by atoms with van der Waals surface area (Å²) in [6.45, 7) is 2.40. The molecule has 2 N–H and O–H groups in total. The molecule has 4 rings (SSSR count). The highest BCUT2D eigenvalue weighted by Crippen LogP contribution is 2.40. The van der Waals surface area contributed by atoms with Gasteiger partial charge in [-0.15, -0.1) is 0 Å². The summed E-state index contributed by atoms with van der Waals surface area (Å²) in [4.78, 5) is 21.1. The summed E-state index contributed by atoms with van der Waals surface area (Å²) in [6.07, 6.45) is 7.84. The van der Waals surface area contributed by atoms with E-state index in [0.29, 0.717) is 12.5 Å². The van der Waals surface area contributed by atoms with E-state index in [0.717, 1.165) is 35.4 Å². The Kier molecular flexibility index (Phi) is 4.09. The fourth-order valence-corrected chi connectivity index (χ4v) is 3.20. The number of amides is 2. The minimum atomic E-state index is -0.161.